The SMILES string of the molecule is Cc1sc2nc(SCC(=O)NC3CCCCC3)n(-c3ccccc3)c(=O)c2c1-c1ccccc1. The second-order valence-corrected chi connectivity index (χ2v) is 10.8. The highest BCUT2D eigenvalue weighted by molar-refractivity contribution is 7.99. The van der Waals surface area contributed by atoms with Crippen LogP contribution in [0.4, 0.5) is 0 Å². The maximum absolute atomic E-state index is 13.9. The number of para-hydroxylation sites is 1. The molecule has 1 aliphatic rings. The van der Waals surface area contributed by atoms with E-state index in [1.54, 1.807) is 4.57 Å². The van der Waals surface area contributed by atoms with Crippen LogP contribution >= 0.6 is 23.1 Å². The summed E-state index contributed by atoms with van der Waals surface area (Å²) in [5, 5.41) is 4.34. The molecule has 0 radical (unpaired) electrons. The van der Waals surface area contributed by atoms with Crippen LogP contribution in [0, 0.1) is 6.92 Å². The summed E-state index contributed by atoms with van der Waals surface area (Å²) in [6, 6.07) is 19.8. The van der Waals surface area contributed by atoms with Crippen molar-refractivity contribution in [2.75, 3.05) is 5.75 Å². The molecule has 2 aromatic carbocycles. The third-order valence-corrected chi connectivity index (χ3v) is 8.19. The average Bonchev–Trinajstić information content (AvgIpc) is 3.20. The molecule has 0 saturated heterocycles. The summed E-state index contributed by atoms with van der Waals surface area (Å²) in [5.74, 6) is 0.232. The Bertz CT molecular complexity index is 1360. The van der Waals surface area contributed by atoms with Crippen LogP contribution in [-0.2, 0) is 4.79 Å². The molecule has 7 heteroatoms. The van der Waals surface area contributed by atoms with Crippen molar-refractivity contribution in [3.8, 4) is 16.8 Å². The second-order valence-electron chi connectivity index (χ2n) is 8.64. The molecule has 0 atom stereocenters. The molecule has 2 heterocycles. The number of thiophene rings is 1. The summed E-state index contributed by atoms with van der Waals surface area (Å²) in [4.78, 5) is 33.3. The quantitative estimate of drug-likeness (QED) is 0.268. The van der Waals surface area contributed by atoms with Crippen molar-refractivity contribution in [2.24, 2.45) is 0 Å². The van der Waals surface area contributed by atoms with Crippen LogP contribution in [0.3, 0.4) is 0 Å². The molecule has 0 aliphatic heterocycles. The van der Waals surface area contributed by atoms with Crippen LogP contribution in [0.2, 0.25) is 0 Å². The van der Waals surface area contributed by atoms with Crippen molar-refractivity contribution in [3.05, 3.63) is 75.9 Å². The predicted octanol–water partition coefficient (Wildman–Crippen LogP) is 5.96. The Morgan fingerprint density at radius 3 is 2.44 bits per heavy atom. The fourth-order valence-corrected chi connectivity index (χ4v) is 6.55. The van der Waals surface area contributed by atoms with Crippen molar-refractivity contribution in [3.63, 3.8) is 0 Å². The number of thioether (sulfide) groups is 1. The van der Waals surface area contributed by atoms with Gasteiger partial charge >= 0.3 is 0 Å². The Hall–Kier alpha value is -2.90. The zero-order chi connectivity index (χ0) is 23.5. The molecule has 174 valence electrons. The van der Waals surface area contributed by atoms with Gasteiger partial charge in [0.25, 0.3) is 5.56 Å². The minimum atomic E-state index is -0.102. The van der Waals surface area contributed by atoms with E-state index in [0.717, 1.165) is 34.5 Å². The zero-order valence-corrected chi connectivity index (χ0v) is 20.8. The fraction of sp³-hybridized carbons (Fsp3) is 0.296. The molecule has 4 aromatic rings. The lowest BCUT2D eigenvalue weighted by Gasteiger charge is -2.22. The van der Waals surface area contributed by atoms with Crippen molar-refractivity contribution >= 4 is 39.2 Å². The van der Waals surface area contributed by atoms with Gasteiger partial charge in [0.1, 0.15) is 4.83 Å². The Kier molecular flexibility index (Phi) is 6.83. The highest BCUT2D eigenvalue weighted by Gasteiger charge is 2.22. The first-order chi connectivity index (χ1) is 16.6. The van der Waals surface area contributed by atoms with E-state index in [9.17, 15) is 9.59 Å². The molecule has 1 fully saturated rings. The van der Waals surface area contributed by atoms with Crippen LogP contribution in [0.5, 0.6) is 0 Å². The van der Waals surface area contributed by atoms with E-state index in [0.29, 0.717) is 15.4 Å². The van der Waals surface area contributed by atoms with Crippen molar-refractivity contribution in [1.82, 2.24) is 14.9 Å². The Labute approximate surface area is 207 Å². The van der Waals surface area contributed by atoms with Gasteiger partial charge in [-0.05, 0) is 37.5 Å². The molecule has 34 heavy (non-hydrogen) atoms. The molecule has 1 saturated carbocycles. The molecule has 0 bridgehead atoms. The summed E-state index contributed by atoms with van der Waals surface area (Å²) >= 11 is 2.86. The number of fused-ring (bicyclic) bond motifs is 1. The van der Waals surface area contributed by atoms with Gasteiger partial charge in [-0.1, -0.05) is 79.6 Å². The van der Waals surface area contributed by atoms with Gasteiger partial charge in [-0.25, -0.2) is 4.98 Å². The molecule has 1 aliphatic carbocycles. The zero-order valence-electron chi connectivity index (χ0n) is 19.1. The van der Waals surface area contributed by atoms with Crippen LogP contribution in [0.25, 0.3) is 27.0 Å². The molecular weight excluding hydrogens is 462 g/mol. The molecule has 1 N–H and O–H groups in total. The number of carbonyl (C=O) groups is 1. The average molecular weight is 490 g/mol. The first-order valence-corrected chi connectivity index (χ1v) is 13.5. The van der Waals surface area contributed by atoms with Gasteiger partial charge in [0.2, 0.25) is 5.91 Å². The largest absolute Gasteiger partial charge is 0.353 e. The number of aromatic nitrogens is 2. The summed E-state index contributed by atoms with van der Waals surface area (Å²) in [7, 11) is 0. The van der Waals surface area contributed by atoms with Gasteiger partial charge in [-0.3, -0.25) is 14.2 Å². The number of nitrogens with one attached hydrogen (secondary N) is 1. The van der Waals surface area contributed by atoms with Crippen LogP contribution in [0.15, 0.2) is 70.6 Å². The standard InChI is InChI=1S/C27H27N3O2S2/c1-18-23(19-11-5-2-6-12-19)24-25(34-18)29-27(30(26(24)32)21-15-9-4-10-16-21)33-17-22(31)28-20-13-7-3-8-14-20/h2,4-6,9-12,15-16,20H,3,7-8,13-14,17H2,1H3,(H,28,31). The molecule has 5 rings (SSSR count). The summed E-state index contributed by atoms with van der Waals surface area (Å²) in [5.41, 5.74) is 2.60. The fourth-order valence-electron chi connectivity index (χ4n) is 4.64. The smallest absolute Gasteiger partial charge is 0.268 e. The van der Waals surface area contributed by atoms with Gasteiger partial charge in [0.05, 0.1) is 16.8 Å². The van der Waals surface area contributed by atoms with E-state index in [2.05, 4.69) is 5.32 Å². The topological polar surface area (TPSA) is 64.0 Å². The highest BCUT2D eigenvalue weighted by Crippen LogP contribution is 2.37. The predicted molar refractivity (Wildman–Crippen MR) is 141 cm³/mol. The third-order valence-electron chi connectivity index (χ3n) is 6.25. The molecular formula is C27H27N3O2S2. The van der Waals surface area contributed by atoms with E-state index >= 15 is 0 Å². The van der Waals surface area contributed by atoms with E-state index in [4.69, 9.17) is 4.98 Å². The van der Waals surface area contributed by atoms with E-state index < -0.39 is 0 Å². The number of hydrogen-bond donors (Lipinski definition) is 1. The molecule has 5 nitrogen and oxygen atoms in total. The molecule has 1 amide bonds. The van der Waals surface area contributed by atoms with Crippen molar-refractivity contribution in [2.45, 2.75) is 50.2 Å². The lowest BCUT2D eigenvalue weighted by atomic mass is 9.95. The Morgan fingerprint density at radius 1 is 1.06 bits per heavy atom. The first-order valence-electron chi connectivity index (χ1n) is 11.7. The van der Waals surface area contributed by atoms with E-state index in [-0.39, 0.29) is 23.3 Å². The number of amides is 1. The normalized spacial score (nSPS) is 14.4. The maximum Gasteiger partial charge on any atom is 0.268 e. The number of benzene rings is 2. The van der Waals surface area contributed by atoms with Crippen LogP contribution in [0.1, 0.15) is 37.0 Å². The molecule has 2 aromatic heterocycles. The molecule has 0 unspecified atom stereocenters. The van der Waals surface area contributed by atoms with E-state index in [1.807, 2.05) is 67.6 Å². The summed E-state index contributed by atoms with van der Waals surface area (Å²) in [6.45, 7) is 2.03. The van der Waals surface area contributed by atoms with E-state index in [1.165, 1.54) is 42.4 Å². The lowest BCUT2D eigenvalue weighted by Crippen LogP contribution is -2.37. The van der Waals surface area contributed by atoms with Crippen LogP contribution < -0.4 is 10.9 Å². The number of hydrogen-bond acceptors (Lipinski definition) is 5. The van der Waals surface area contributed by atoms with Crippen molar-refractivity contribution in [1.29, 1.82) is 0 Å². The van der Waals surface area contributed by atoms with Gasteiger partial charge < -0.3 is 5.32 Å². The lowest BCUT2D eigenvalue weighted by molar-refractivity contribution is -0.119. The minimum Gasteiger partial charge on any atom is -0.353 e. The number of rotatable bonds is 6. The number of aryl methyl sites for hydroxylation is 1. The Morgan fingerprint density at radius 2 is 1.74 bits per heavy atom. The van der Waals surface area contributed by atoms with Crippen molar-refractivity contribution < 1.29 is 4.79 Å². The van der Waals surface area contributed by atoms with Gasteiger partial charge in [-0.2, -0.15) is 0 Å². The van der Waals surface area contributed by atoms with Gasteiger partial charge in [0, 0.05) is 16.5 Å². The summed E-state index contributed by atoms with van der Waals surface area (Å²) in [6.07, 6.45) is 5.69. The highest BCUT2D eigenvalue weighted by atomic mass is 32.2. The van der Waals surface area contributed by atoms with Gasteiger partial charge in [0.15, 0.2) is 5.16 Å². The Balaban J connectivity index is 1.55. The first kappa shape index (κ1) is 22.9. The van der Waals surface area contributed by atoms with Crippen LogP contribution in [-0.4, -0.2) is 27.3 Å². The van der Waals surface area contributed by atoms with Gasteiger partial charge in [-0.15, -0.1) is 11.3 Å². The number of carbonyl (C=O) groups excluding carboxylic acids is 1. The minimum absolute atomic E-state index is 0.00167. The summed E-state index contributed by atoms with van der Waals surface area (Å²) < 4.78 is 1.65. The maximum atomic E-state index is 13.9. The number of nitrogens with zero attached hydrogens (tertiary/aromatic N) is 2. The second kappa shape index (κ2) is 10.2. The monoisotopic (exact) mass is 489 g/mol. The third kappa shape index (κ3) is 4.68. The molecule has 0 spiro atoms.